The highest BCUT2D eigenvalue weighted by Crippen LogP contribution is 2.17. The summed E-state index contributed by atoms with van der Waals surface area (Å²) in [6.45, 7) is 2.87. The van der Waals surface area contributed by atoms with E-state index in [1.165, 1.54) is 12.8 Å². The Morgan fingerprint density at radius 2 is 2.12 bits per heavy atom. The van der Waals surface area contributed by atoms with Gasteiger partial charge in [0.05, 0.1) is 12.0 Å². The number of hydrogen-bond acceptors (Lipinski definition) is 2. The van der Waals surface area contributed by atoms with Crippen LogP contribution in [0.25, 0.3) is 10.8 Å². The molecule has 1 aromatic carbocycles. The van der Waals surface area contributed by atoms with E-state index in [4.69, 9.17) is 4.74 Å². The van der Waals surface area contributed by atoms with E-state index in [9.17, 15) is 4.79 Å². The van der Waals surface area contributed by atoms with E-state index < -0.39 is 0 Å². The van der Waals surface area contributed by atoms with Crippen molar-refractivity contribution in [2.75, 3.05) is 6.61 Å². The molecule has 0 amide bonds. The van der Waals surface area contributed by atoms with Crippen LogP contribution in [0.3, 0.4) is 0 Å². The number of unbranched alkanes of at least 4 members (excludes halogenated alkanes) is 2. The first-order valence-corrected chi connectivity index (χ1v) is 6.05. The molecule has 0 saturated carbocycles. The summed E-state index contributed by atoms with van der Waals surface area (Å²) in [5.41, 5.74) is -0.0680. The second-order valence-corrected chi connectivity index (χ2v) is 4.11. The molecule has 0 unspecified atom stereocenters. The molecule has 0 fully saturated rings. The first-order chi connectivity index (χ1) is 8.31. The zero-order chi connectivity index (χ0) is 12.1. The van der Waals surface area contributed by atoms with Crippen LogP contribution < -0.4 is 10.3 Å². The predicted molar refractivity (Wildman–Crippen MR) is 69.6 cm³/mol. The number of nitrogens with one attached hydrogen (secondary N) is 1. The Bertz CT molecular complexity index is 545. The van der Waals surface area contributed by atoms with Gasteiger partial charge in [0, 0.05) is 6.20 Å². The Morgan fingerprint density at radius 1 is 1.24 bits per heavy atom. The van der Waals surface area contributed by atoms with Crippen LogP contribution in [0.2, 0.25) is 0 Å². The summed E-state index contributed by atoms with van der Waals surface area (Å²) in [5, 5.41) is 1.62. The van der Waals surface area contributed by atoms with Gasteiger partial charge in [0.15, 0.2) is 0 Å². The normalized spacial score (nSPS) is 10.6. The van der Waals surface area contributed by atoms with E-state index in [0.29, 0.717) is 12.0 Å². The van der Waals surface area contributed by atoms with E-state index in [1.807, 2.05) is 18.2 Å². The third-order valence-corrected chi connectivity index (χ3v) is 2.76. The molecule has 0 spiro atoms. The number of benzene rings is 1. The molecule has 0 radical (unpaired) electrons. The van der Waals surface area contributed by atoms with Gasteiger partial charge in [-0.3, -0.25) is 4.79 Å². The Balaban J connectivity index is 2.14. The molecule has 0 saturated heterocycles. The van der Waals surface area contributed by atoms with Crippen LogP contribution in [-0.2, 0) is 0 Å². The van der Waals surface area contributed by atoms with Crippen molar-refractivity contribution >= 4 is 10.8 Å². The minimum Gasteiger partial charge on any atom is -0.494 e. The molecule has 2 rings (SSSR count). The Kier molecular flexibility index (Phi) is 3.81. The van der Waals surface area contributed by atoms with Gasteiger partial charge in [-0.1, -0.05) is 25.8 Å². The van der Waals surface area contributed by atoms with Crippen molar-refractivity contribution in [3.63, 3.8) is 0 Å². The third-order valence-electron chi connectivity index (χ3n) is 2.76. The van der Waals surface area contributed by atoms with Gasteiger partial charge in [0.2, 0.25) is 0 Å². The molecule has 1 aromatic heterocycles. The Hall–Kier alpha value is -1.77. The van der Waals surface area contributed by atoms with Crippen LogP contribution in [0.5, 0.6) is 5.75 Å². The van der Waals surface area contributed by atoms with Crippen LogP contribution in [0.15, 0.2) is 35.3 Å². The quantitative estimate of drug-likeness (QED) is 0.803. The van der Waals surface area contributed by atoms with Crippen LogP contribution in [0, 0.1) is 0 Å². The van der Waals surface area contributed by atoms with E-state index in [2.05, 4.69) is 11.9 Å². The highest BCUT2D eigenvalue weighted by Gasteiger charge is 2.00. The fraction of sp³-hybridized carbons (Fsp3) is 0.357. The number of aromatic nitrogens is 1. The van der Waals surface area contributed by atoms with Gasteiger partial charge in [0.25, 0.3) is 5.56 Å². The van der Waals surface area contributed by atoms with Gasteiger partial charge in [-0.25, -0.2) is 0 Å². The number of aromatic amines is 1. The van der Waals surface area contributed by atoms with E-state index in [1.54, 1.807) is 12.3 Å². The number of fused-ring (bicyclic) bond motifs is 1. The molecule has 3 nitrogen and oxygen atoms in total. The van der Waals surface area contributed by atoms with Crippen molar-refractivity contribution in [1.29, 1.82) is 0 Å². The van der Waals surface area contributed by atoms with Crippen LogP contribution in [0.1, 0.15) is 26.2 Å². The summed E-state index contributed by atoms with van der Waals surface area (Å²) in [5.74, 6) is 0.769. The second kappa shape index (κ2) is 5.53. The summed E-state index contributed by atoms with van der Waals surface area (Å²) in [6, 6.07) is 7.52. The maximum Gasteiger partial charge on any atom is 0.255 e. The van der Waals surface area contributed by atoms with E-state index in [0.717, 1.165) is 17.6 Å². The maximum atomic E-state index is 11.6. The molecule has 1 N–H and O–H groups in total. The SMILES string of the molecule is CCCCCOc1ccc2cc[nH]c(=O)c2c1. The fourth-order valence-corrected chi connectivity index (χ4v) is 1.79. The molecular weight excluding hydrogens is 214 g/mol. The van der Waals surface area contributed by atoms with Gasteiger partial charge >= 0.3 is 0 Å². The average molecular weight is 231 g/mol. The van der Waals surface area contributed by atoms with Crippen molar-refractivity contribution in [3.05, 3.63) is 40.8 Å². The Labute approximate surface area is 100 Å². The van der Waals surface area contributed by atoms with Crippen LogP contribution in [0.4, 0.5) is 0 Å². The highest BCUT2D eigenvalue weighted by atomic mass is 16.5. The van der Waals surface area contributed by atoms with Gasteiger partial charge in [0.1, 0.15) is 5.75 Å². The monoisotopic (exact) mass is 231 g/mol. The molecule has 0 aliphatic rings. The molecule has 0 aliphatic heterocycles. The molecule has 90 valence electrons. The van der Waals surface area contributed by atoms with Gasteiger partial charge in [-0.15, -0.1) is 0 Å². The largest absolute Gasteiger partial charge is 0.494 e. The molecule has 1 heterocycles. The molecule has 0 aliphatic carbocycles. The van der Waals surface area contributed by atoms with Crippen molar-refractivity contribution in [1.82, 2.24) is 4.98 Å². The molecule has 3 heteroatoms. The van der Waals surface area contributed by atoms with Crippen LogP contribution in [-0.4, -0.2) is 11.6 Å². The third kappa shape index (κ3) is 2.87. The lowest BCUT2D eigenvalue weighted by Crippen LogP contribution is -2.05. The molecular formula is C14H17NO2. The second-order valence-electron chi connectivity index (χ2n) is 4.11. The predicted octanol–water partition coefficient (Wildman–Crippen LogP) is 3.10. The molecule has 0 bridgehead atoms. The van der Waals surface area contributed by atoms with Crippen molar-refractivity contribution in [3.8, 4) is 5.75 Å². The van der Waals surface area contributed by atoms with Crippen LogP contribution >= 0.6 is 0 Å². The number of rotatable bonds is 5. The zero-order valence-corrected chi connectivity index (χ0v) is 10.0. The number of hydrogen-bond donors (Lipinski definition) is 1. The van der Waals surface area contributed by atoms with Gasteiger partial charge < -0.3 is 9.72 Å². The zero-order valence-electron chi connectivity index (χ0n) is 10.0. The minimum atomic E-state index is -0.0680. The number of H-pyrrole nitrogens is 1. The molecule has 17 heavy (non-hydrogen) atoms. The first-order valence-electron chi connectivity index (χ1n) is 6.05. The van der Waals surface area contributed by atoms with Crippen molar-refractivity contribution < 1.29 is 4.74 Å². The Morgan fingerprint density at radius 3 is 2.94 bits per heavy atom. The standard InChI is InChI=1S/C14H17NO2/c1-2-3-4-9-17-12-6-5-11-7-8-15-14(16)13(11)10-12/h5-8,10H,2-4,9H2,1H3,(H,15,16). The lowest BCUT2D eigenvalue weighted by Gasteiger charge is -2.06. The van der Waals surface area contributed by atoms with E-state index >= 15 is 0 Å². The smallest absolute Gasteiger partial charge is 0.255 e. The lowest BCUT2D eigenvalue weighted by molar-refractivity contribution is 0.306. The van der Waals surface area contributed by atoms with Gasteiger partial charge in [-0.05, 0) is 30.0 Å². The average Bonchev–Trinajstić information content (AvgIpc) is 2.36. The number of ether oxygens (including phenoxy) is 1. The summed E-state index contributed by atoms with van der Waals surface area (Å²) in [4.78, 5) is 14.3. The molecule has 2 aromatic rings. The molecule has 0 atom stereocenters. The first kappa shape index (κ1) is 11.7. The minimum absolute atomic E-state index is 0.0680. The van der Waals surface area contributed by atoms with Crippen molar-refractivity contribution in [2.45, 2.75) is 26.2 Å². The topological polar surface area (TPSA) is 42.1 Å². The lowest BCUT2D eigenvalue weighted by atomic mass is 10.2. The number of pyridine rings is 1. The summed E-state index contributed by atoms with van der Waals surface area (Å²) < 4.78 is 5.62. The van der Waals surface area contributed by atoms with E-state index in [-0.39, 0.29) is 5.56 Å². The van der Waals surface area contributed by atoms with Crippen molar-refractivity contribution in [2.24, 2.45) is 0 Å². The maximum absolute atomic E-state index is 11.6. The fourth-order valence-electron chi connectivity index (χ4n) is 1.79. The highest BCUT2D eigenvalue weighted by molar-refractivity contribution is 5.82. The summed E-state index contributed by atoms with van der Waals surface area (Å²) in [7, 11) is 0. The summed E-state index contributed by atoms with van der Waals surface area (Å²) in [6.07, 6.45) is 5.07. The summed E-state index contributed by atoms with van der Waals surface area (Å²) >= 11 is 0. The van der Waals surface area contributed by atoms with Gasteiger partial charge in [-0.2, -0.15) is 0 Å².